The highest BCUT2D eigenvalue weighted by Crippen LogP contribution is 2.25. The quantitative estimate of drug-likeness (QED) is 0.208. The van der Waals surface area contributed by atoms with Crippen molar-refractivity contribution in [2.75, 3.05) is 25.2 Å². The van der Waals surface area contributed by atoms with Crippen LogP contribution in [0.4, 0.5) is 4.79 Å². The van der Waals surface area contributed by atoms with E-state index in [1.54, 1.807) is 0 Å². The van der Waals surface area contributed by atoms with Crippen molar-refractivity contribution in [3.05, 3.63) is 41.2 Å². The summed E-state index contributed by atoms with van der Waals surface area (Å²) in [6, 6.07) is 7.42. The maximum atomic E-state index is 12.2. The number of alkyl carbamates (subject to hydrolysis) is 1. The number of benzene rings is 1. The summed E-state index contributed by atoms with van der Waals surface area (Å²) < 4.78 is 3.97. The number of carbonyl (C=O) groups is 1. The molecule has 1 unspecified atom stereocenters. The van der Waals surface area contributed by atoms with Gasteiger partial charge in [0.2, 0.25) is 3.79 Å². The molecule has 0 spiro atoms. The first-order chi connectivity index (χ1) is 12.8. The Balaban J connectivity index is 1.92. The van der Waals surface area contributed by atoms with E-state index < -0.39 is 15.9 Å². The Morgan fingerprint density at radius 1 is 1.44 bits per heavy atom. The minimum atomic E-state index is -1.68. The van der Waals surface area contributed by atoms with Crippen molar-refractivity contribution in [2.45, 2.75) is 16.3 Å². The van der Waals surface area contributed by atoms with E-state index in [0.29, 0.717) is 12.2 Å². The second-order valence-corrected chi connectivity index (χ2v) is 9.22. The van der Waals surface area contributed by atoms with Crippen LogP contribution in [-0.4, -0.2) is 57.0 Å². The molecule has 1 atom stereocenters. The van der Waals surface area contributed by atoms with Crippen LogP contribution in [0.15, 0.2) is 30.5 Å². The molecule has 0 fully saturated rings. The molecular weight excluding hydrogens is 433 g/mol. The molecule has 0 aliphatic heterocycles. The smallest absolute Gasteiger partial charge is 0.407 e. The number of nitrogens with one attached hydrogen (secondary N) is 2. The van der Waals surface area contributed by atoms with Crippen LogP contribution < -0.4 is 5.32 Å². The highest BCUT2D eigenvalue weighted by molar-refractivity contribution is 7.98. The van der Waals surface area contributed by atoms with Crippen molar-refractivity contribution in [2.24, 2.45) is 0 Å². The largest absolute Gasteiger partial charge is 0.624 e. The highest BCUT2D eigenvalue weighted by Gasteiger charge is 2.23. The molecule has 27 heavy (non-hydrogen) atoms. The molecule has 6 nitrogen and oxygen atoms in total. The third-order valence-electron chi connectivity index (χ3n) is 3.64. The van der Waals surface area contributed by atoms with Gasteiger partial charge in [-0.1, -0.05) is 53.0 Å². The van der Waals surface area contributed by atoms with E-state index in [0.717, 1.165) is 21.2 Å². The third-order valence-corrected chi connectivity index (χ3v) is 4.66. The number of fused-ring (bicyclic) bond motifs is 1. The predicted octanol–water partition coefficient (Wildman–Crippen LogP) is 4.12. The molecular formula is C17H20Cl3N3O3S. The fourth-order valence-electron chi connectivity index (χ4n) is 2.49. The normalized spacial score (nSPS) is 13.6. The summed E-state index contributed by atoms with van der Waals surface area (Å²) in [6.45, 7) is -0.116. The second-order valence-electron chi connectivity index (χ2n) is 5.80. The number of ether oxygens (including phenoxy) is 1. The number of alkyl halides is 3. The van der Waals surface area contributed by atoms with E-state index in [4.69, 9.17) is 39.5 Å². The summed E-state index contributed by atoms with van der Waals surface area (Å²) in [4.78, 5) is 15.0. The van der Waals surface area contributed by atoms with Crippen LogP contribution in [0, 0.1) is 5.21 Å². The number of carbonyl (C=O) groups excluding carboxylic acids is 1. The van der Waals surface area contributed by atoms with Crippen LogP contribution in [0.2, 0.25) is 0 Å². The maximum absolute atomic E-state index is 12.2. The number of hydroxylamine groups is 1. The molecule has 148 valence electrons. The summed E-state index contributed by atoms with van der Waals surface area (Å²) in [5, 5.41) is 15.9. The lowest BCUT2D eigenvalue weighted by Gasteiger charge is -2.16. The third kappa shape index (κ3) is 7.70. The fraction of sp³-hybridized carbons (Fsp3) is 0.412. The molecule has 1 amide bonds. The van der Waals surface area contributed by atoms with Crippen molar-refractivity contribution in [1.29, 1.82) is 0 Å². The summed E-state index contributed by atoms with van der Waals surface area (Å²) in [6.07, 6.45) is 5.03. The van der Waals surface area contributed by atoms with E-state index >= 15 is 0 Å². The van der Waals surface area contributed by atoms with Gasteiger partial charge in [-0.15, -0.1) is 0 Å². The molecule has 1 aromatic carbocycles. The number of amides is 1. The number of rotatable bonds is 8. The molecule has 2 N–H and O–H groups in total. The first-order valence-electron chi connectivity index (χ1n) is 8.11. The molecule has 0 bridgehead atoms. The lowest BCUT2D eigenvalue weighted by atomic mass is 10.1. The number of nitrogens with zero attached hydrogens (tertiary/aromatic N) is 1. The molecule has 0 radical (unpaired) electrons. The van der Waals surface area contributed by atoms with E-state index in [1.165, 1.54) is 18.0 Å². The molecule has 2 rings (SSSR count). The molecule has 1 aromatic heterocycles. The Morgan fingerprint density at radius 2 is 2.19 bits per heavy atom. The van der Waals surface area contributed by atoms with E-state index in [-0.39, 0.29) is 13.2 Å². The van der Waals surface area contributed by atoms with Gasteiger partial charge >= 0.3 is 6.09 Å². The molecule has 0 aliphatic rings. The van der Waals surface area contributed by atoms with Crippen molar-refractivity contribution >= 4 is 69.8 Å². The van der Waals surface area contributed by atoms with Gasteiger partial charge in [-0.05, 0) is 17.9 Å². The summed E-state index contributed by atoms with van der Waals surface area (Å²) in [5.74, 6) is 0.509. The zero-order valence-electron chi connectivity index (χ0n) is 14.6. The number of H-pyrrole nitrogens is 1. The average Bonchev–Trinajstić information content (AvgIpc) is 3.01. The second kappa shape index (κ2) is 10.3. The van der Waals surface area contributed by atoms with Crippen LogP contribution in [0.1, 0.15) is 5.56 Å². The minimum absolute atomic E-state index is 0.262. The molecule has 0 aliphatic carbocycles. The number of hydrogen-bond acceptors (Lipinski definition) is 4. The summed E-state index contributed by atoms with van der Waals surface area (Å²) >= 11 is 18.1. The van der Waals surface area contributed by atoms with Crippen molar-refractivity contribution in [3.63, 3.8) is 0 Å². The fourth-order valence-corrected chi connectivity index (χ4v) is 3.18. The molecule has 0 saturated carbocycles. The number of para-hydroxylation sites is 1. The summed E-state index contributed by atoms with van der Waals surface area (Å²) in [5.41, 5.74) is 2.10. The predicted molar refractivity (Wildman–Crippen MR) is 114 cm³/mol. The van der Waals surface area contributed by atoms with Gasteiger partial charge in [0, 0.05) is 29.3 Å². The van der Waals surface area contributed by atoms with E-state index in [2.05, 4.69) is 10.3 Å². The Bertz CT molecular complexity index is 792. The average molecular weight is 453 g/mol. The SMILES string of the molecule is CSCC(/C=[N+](\[O-])CCc1c[nH]c2ccccc12)NC(=O)OCC(Cl)(Cl)Cl. The zero-order valence-corrected chi connectivity index (χ0v) is 17.7. The van der Waals surface area contributed by atoms with Gasteiger partial charge in [-0.2, -0.15) is 11.8 Å². The first kappa shape index (κ1) is 22.0. The van der Waals surface area contributed by atoms with Crippen LogP contribution >= 0.6 is 46.6 Å². The standard InChI is InChI=1S/C17H20Cl3N3O3S/c1-27-10-13(22-16(24)26-11-17(18,19)20)9-23(25)7-6-12-8-21-15-5-3-2-4-14(12)15/h2-5,8-9,13,21H,6-7,10-11H2,1H3,(H,22,24)/b23-9-. The van der Waals surface area contributed by atoms with Gasteiger partial charge in [0.05, 0.1) is 0 Å². The van der Waals surface area contributed by atoms with Gasteiger partial charge in [0.15, 0.2) is 12.8 Å². The van der Waals surface area contributed by atoms with Gasteiger partial charge in [-0.25, -0.2) is 9.53 Å². The van der Waals surface area contributed by atoms with Crippen LogP contribution in [-0.2, 0) is 11.2 Å². The van der Waals surface area contributed by atoms with Gasteiger partial charge in [-0.3, -0.25) is 0 Å². The maximum Gasteiger partial charge on any atom is 0.407 e. The first-order valence-corrected chi connectivity index (χ1v) is 10.6. The number of thioether (sulfide) groups is 1. The lowest BCUT2D eigenvalue weighted by Crippen LogP contribution is -2.41. The van der Waals surface area contributed by atoms with Crippen LogP contribution in [0.25, 0.3) is 10.9 Å². The molecule has 2 aromatic rings. The Hall–Kier alpha value is -1.28. The van der Waals surface area contributed by atoms with Gasteiger partial charge < -0.3 is 20.2 Å². The Kier molecular flexibility index (Phi) is 8.41. The number of aromatic amines is 1. The number of halogens is 3. The summed E-state index contributed by atoms with van der Waals surface area (Å²) in [7, 11) is 0. The molecule has 10 heteroatoms. The lowest BCUT2D eigenvalue weighted by molar-refractivity contribution is -0.453. The Labute approximate surface area is 176 Å². The van der Waals surface area contributed by atoms with E-state index in [9.17, 15) is 10.0 Å². The van der Waals surface area contributed by atoms with Gasteiger partial charge in [0.1, 0.15) is 12.6 Å². The molecule has 1 heterocycles. The number of hydrogen-bond donors (Lipinski definition) is 2. The number of aromatic nitrogens is 1. The van der Waals surface area contributed by atoms with Crippen LogP contribution in [0.5, 0.6) is 0 Å². The minimum Gasteiger partial charge on any atom is -0.624 e. The van der Waals surface area contributed by atoms with Gasteiger partial charge in [0.25, 0.3) is 0 Å². The highest BCUT2D eigenvalue weighted by atomic mass is 35.6. The zero-order chi connectivity index (χ0) is 19.9. The molecule has 0 saturated heterocycles. The Morgan fingerprint density at radius 3 is 2.89 bits per heavy atom. The van der Waals surface area contributed by atoms with Crippen molar-refractivity contribution in [1.82, 2.24) is 10.3 Å². The monoisotopic (exact) mass is 451 g/mol. The topological polar surface area (TPSA) is 80.2 Å². The van der Waals surface area contributed by atoms with Crippen LogP contribution in [0.3, 0.4) is 0 Å². The van der Waals surface area contributed by atoms with E-state index in [1.807, 2.05) is 36.7 Å². The van der Waals surface area contributed by atoms with Crippen molar-refractivity contribution in [3.8, 4) is 0 Å². The van der Waals surface area contributed by atoms with Crippen molar-refractivity contribution < 1.29 is 14.3 Å².